The van der Waals surface area contributed by atoms with Crippen LogP contribution >= 0.6 is 0 Å². The lowest BCUT2D eigenvalue weighted by molar-refractivity contribution is -0.122. The molecule has 25 heavy (non-hydrogen) atoms. The van der Waals surface area contributed by atoms with Crippen LogP contribution in [0.5, 0.6) is 11.5 Å². The second-order valence-corrected chi connectivity index (χ2v) is 6.59. The van der Waals surface area contributed by atoms with Crippen molar-refractivity contribution in [1.82, 2.24) is 0 Å². The molecule has 1 aliphatic rings. The summed E-state index contributed by atoms with van der Waals surface area (Å²) in [7, 11) is 1.59. The van der Waals surface area contributed by atoms with E-state index in [0.717, 1.165) is 24.2 Å². The Labute approximate surface area is 149 Å². The summed E-state index contributed by atoms with van der Waals surface area (Å²) in [5.74, 6) is 1.20. The van der Waals surface area contributed by atoms with Gasteiger partial charge in [-0.25, -0.2) is 0 Å². The van der Waals surface area contributed by atoms with Crippen molar-refractivity contribution in [2.75, 3.05) is 12.4 Å². The highest BCUT2D eigenvalue weighted by atomic mass is 16.5. The number of aryl methyl sites for hydroxylation is 3. The third-order valence-electron chi connectivity index (χ3n) is 4.61. The maximum absolute atomic E-state index is 12.5. The summed E-state index contributed by atoms with van der Waals surface area (Å²) in [6.45, 7) is 3.74. The summed E-state index contributed by atoms with van der Waals surface area (Å²) in [6, 6.07) is 11.8. The summed E-state index contributed by atoms with van der Waals surface area (Å²) in [6.07, 6.45) is 4.11. The van der Waals surface area contributed by atoms with E-state index in [1.54, 1.807) is 14.0 Å². The van der Waals surface area contributed by atoms with E-state index >= 15 is 0 Å². The largest absolute Gasteiger partial charge is 0.495 e. The Morgan fingerprint density at radius 3 is 2.60 bits per heavy atom. The number of benzene rings is 2. The lowest BCUT2D eigenvalue weighted by Crippen LogP contribution is -2.30. The van der Waals surface area contributed by atoms with Crippen molar-refractivity contribution in [1.29, 1.82) is 0 Å². The van der Waals surface area contributed by atoms with E-state index in [1.807, 2.05) is 31.2 Å². The van der Waals surface area contributed by atoms with Crippen LogP contribution in [0.3, 0.4) is 0 Å². The number of ether oxygens (including phenoxy) is 2. The van der Waals surface area contributed by atoms with Crippen LogP contribution < -0.4 is 14.8 Å². The average molecular weight is 339 g/mol. The SMILES string of the molecule is COc1ccc(C)cc1NC(=O)[C@H](C)Oc1ccc2c(c1)CCCC2. The lowest BCUT2D eigenvalue weighted by atomic mass is 9.92. The fraction of sp³-hybridized carbons (Fsp3) is 0.381. The van der Waals surface area contributed by atoms with E-state index in [2.05, 4.69) is 17.4 Å². The molecular formula is C21H25NO3. The van der Waals surface area contributed by atoms with Gasteiger partial charge in [-0.15, -0.1) is 0 Å². The number of fused-ring (bicyclic) bond motifs is 1. The molecule has 0 spiro atoms. The molecular weight excluding hydrogens is 314 g/mol. The monoisotopic (exact) mass is 339 g/mol. The maximum atomic E-state index is 12.5. The highest BCUT2D eigenvalue weighted by Gasteiger charge is 2.18. The Balaban J connectivity index is 1.68. The fourth-order valence-corrected chi connectivity index (χ4v) is 3.19. The van der Waals surface area contributed by atoms with Gasteiger partial charge in [-0.2, -0.15) is 0 Å². The topological polar surface area (TPSA) is 47.6 Å². The van der Waals surface area contributed by atoms with Crippen molar-refractivity contribution in [3.05, 3.63) is 53.1 Å². The first kappa shape index (κ1) is 17.3. The van der Waals surface area contributed by atoms with Crippen LogP contribution in [0, 0.1) is 6.92 Å². The first-order valence-electron chi connectivity index (χ1n) is 8.81. The van der Waals surface area contributed by atoms with Crippen LogP contribution in [0.25, 0.3) is 0 Å². The molecule has 0 radical (unpaired) electrons. The van der Waals surface area contributed by atoms with E-state index in [9.17, 15) is 4.79 Å². The van der Waals surface area contributed by atoms with Gasteiger partial charge in [0.15, 0.2) is 6.10 Å². The van der Waals surface area contributed by atoms with E-state index in [0.29, 0.717) is 11.4 Å². The predicted molar refractivity (Wildman–Crippen MR) is 99.5 cm³/mol. The normalized spacial score (nSPS) is 14.4. The molecule has 1 aliphatic carbocycles. The van der Waals surface area contributed by atoms with Gasteiger partial charge in [0.25, 0.3) is 5.91 Å². The smallest absolute Gasteiger partial charge is 0.265 e. The third kappa shape index (κ3) is 4.13. The molecule has 0 saturated heterocycles. The van der Waals surface area contributed by atoms with Crippen molar-refractivity contribution in [2.24, 2.45) is 0 Å². The summed E-state index contributed by atoms with van der Waals surface area (Å²) in [5, 5.41) is 2.90. The number of nitrogens with one attached hydrogen (secondary N) is 1. The molecule has 0 unspecified atom stereocenters. The lowest BCUT2D eigenvalue weighted by Gasteiger charge is -2.19. The molecule has 0 aliphatic heterocycles. The van der Waals surface area contributed by atoms with Crippen molar-refractivity contribution >= 4 is 11.6 Å². The van der Waals surface area contributed by atoms with Gasteiger partial charge in [-0.1, -0.05) is 12.1 Å². The number of carbonyl (C=O) groups is 1. The number of hydrogen-bond donors (Lipinski definition) is 1. The first-order valence-corrected chi connectivity index (χ1v) is 8.81. The van der Waals surface area contributed by atoms with Gasteiger partial charge >= 0.3 is 0 Å². The van der Waals surface area contributed by atoms with Gasteiger partial charge in [0, 0.05) is 0 Å². The Kier molecular flexibility index (Phi) is 5.27. The molecule has 1 amide bonds. The first-order chi connectivity index (χ1) is 12.1. The van der Waals surface area contributed by atoms with Gasteiger partial charge in [0.05, 0.1) is 12.8 Å². The number of anilines is 1. The fourth-order valence-electron chi connectivity index (χ4n) is 3.19. The second-order valence-electron chi connectivity index (χ2n) is 6.59. The molecule has 1 N–H and O–H groups in total. The van der Waals surface area contributed by atoms with E-state index in [1.165, 1.54) is 24.0 Å². The minimum absolute atomic E-state index is 0.193. The zero-order chi connectivity index (χ0) is 17.8. The van der Waals surface area contributed by atoms with Gasteiger partial charge in [0.1, 0.15) is 11.5 Å². The second kappa shape index (κ2) is 7.60. The van der Waals surface area contributed by atoms with Crippen LogP contribution in [0.1, 0.15) is 36.5 Å². The van der Waals surface area contributed by atoms with Gasteiger partial charge in [-0.3, -0.25) is 4.79 Å². The van der Waals surface area contributed by atoms with Crippen LogP contribution in [0.2, 0.25) is 0 Å². The van der Waals surface area contributed by atoms with Crippen molar-refractivity contribution in [2.45, 2.75) is 45.6 Å². The molecule has 3 rings (SSSR count). The van der Waals surface area contributed by atoms with Crippen molar-refractivity contribution in [3.8, 4) is 11.5 Å². The highest BCUT2D eigenvalue weighted by molar-refractivity contribution is 5.95. The predicted octanol–water partition coefficient (Wildman–Crippen LogP) is 4.29. The zero-order valence-corrected chi connectivity index (χ0v) is 15.1. The van der Waals surface area contributed by atoms with Crippen molar-refractivity contribution in [3.63, 3.8) is 0 Å². The molecule has 0 heterocycles. The number of rotatable bonds is 5. The molecule has 0 bridgehead atoms. The maximum Gasteiger partial charge on any atom is 0.265 e. The Morgan fingerprint density at radius 1 is 1.08 bits per heavy atom. The summed E-state index contributed by atoms with van der Waals surface area (Å²) >= 11 is 0. The Morgan fingerprint density at radius 2 is 1.84 bits per heavy atom. The molecule has 132 valence electrons. The molecule has 1 atom stereocenters. The minimum Gasteiger partial charge on any atom is -0.495 e. The van der Waals surface area contributed by atoms with Crippen molar-refractivity contribution < 1.29 is 14.3 Å². The highest BCUT2D eigenvalue weighted by Crippen LogP contribution is 2.27. The average Bonchev–Trinajstić information content (AvgIpc) is 2.61. The van der Waals surface area contributed by atoms with Crippen LogP contribution in [0.4, 0.5) is 5.69 Å². The number of methoxy groups -OCH3 is 1. The minimum atomic E-state index is -0.591. The third-order valence-corrected chi connectivity index (χ3v) is 4.61. The van der Waals surface area contributed by atoms with Crippen LogP contribution in [-0.4, -0.2) is 19.1 Å². The quantitative estimate of drug-likeness (QED) is 0.884. The number of carbonyl (C=O) groups excluding carboxylic acids is 1. The standard InChI is InChI=1S/C21H25NO3/c1-14-8-11-20(24-3)19(12-14)22-21(23)15(2)25-18-10-9-16-6-4-5-7-17(16)13-18/h8-13,15H,4-7H2,1-3H3,(H,22,23)/t15-/m0/s1. The molecule has 2 aromatic carbocycles. The Hall–Kier alpha value is -2.49. The van der Waals surface area contributed by atoms with E-state index in [4.69, 9.17) is 9.47 Å². The molecule has 0 saturated carbocycles. The summed E-state index contributed by atoms with van der Waals surface area (Å²) in [5.41, 5.74) is 4.46. The van der Waals surface area contributed by atoms with Crippen LogP contribution in [-0.2, 0) is 17.6 Å². The molecule has 2 aromatic rings. The molecule has 0 fully saturated rings. The van der Waals surface area contributed by atoms with E-state index in [-0.39, 0.29) is 5.91 Å². The number of hydrogen-bond acceptors (Lipinski definition) is 3. The molecule has 4 heteroatoms. The molecule has 4 nitrogen and oxygen atoms in total. The van der Waals surface area contributed by atoms with Gasteiger partial charge in [0.2, 0.25) is 0 Å². The molecule has 0 aromatic heterocycles. The number of amides is 1. The summed E-state index contributed by atoms with van der Waals surface area (Å²) in [4.78, 5) is 12.5. The zero-order valence-electron chi connectivity index (χ0n) is 15.1. The van der Waals surface area contributed by atoms with Gasteiger partial charge < -0.3 is 14.8 Å². The van der Waals surface area contributed by atoms with Crippen LogP contribution in [0.15, 0.2) is 36.4 Å². The van der Waals surface area contributed by atoms with Gasteiger partial charge in [-0.05, 0) is 80.5 Å². The Bertz CT molecular complexity index is 770. The van der Waals surface area contributed by atoms with E-state index < -0.39 is 6.10 Å². The summed E-state index contributed by atoms with van der Waals surface area (Å²) < 4.78 is 11.2.